The van der Waals surface area contributed by atoms with Gasteiger partial charge in [0.2, 0.25) is 0 Å². The molecule has 0 saturated heterocycles. The van der Waals surface area contributed by atoms with E-state index in [9.17, 15) is 13.2 Å². The summed E-state index contributed by atoms with van der Waals surface area (Å²) in [6.45, 7) is 2.48. The molecule has 0 aliphatic rings. The molecular formula is C16H19NO5S. The van der Waals surface area contributed by atoms with Gasteiger partial charge in [-0.25, -0.2) is 8.42 Å². The molecule has 7 heteroatoms. The molecule has 0 fully saturated rings. The second-order valence-corrected chi connectivity index (χ2v) is 6.95. The van der Waals surface area contributed by atoms with Crippen LogP contribution in [0.3, 0.4) is 0 Å². The van der Waals surface area contributed by atoms with Crippen LogP contribution in [-0.2, 0) is 15.6 Å². The van der Waals surface area contributed by atoms with Gasteiger partial charge in [0.25, 0.3) is 5.91 Å². The van der Waals surface area contributed by atoms with E-state index in [0.29, 0.717) is 12.3 Å². The number of nitrogens with one attached hydrogen (secondary N) is 1. The van der Waals surface area contributed by atoms with Gasteiger partial charge in [-0.15, -0.1) is 0 Å². The first-order chi connectivity index (χ1) is 11.0. The third-order valence-electron chi connectivity index (χ3n) is 3.17. The van der Waals surface area contributed by atoms with Crippen molar-refractivity contribution in [2.75, 3.05) is 13.7 Å². The number of rotatable bonds is 7. The minimum Gasteiger partial charge on any atom is -0.497 e. The number of hydrogen-bond donors (Lipinski definition) is 1. The van der Waals surface area contributed by atoms with Gasteiger partial charge in [0.1, 0.15) is 17.3 Å². The summed E-state index contributed by atoms with van der Waals surface area (Å²) in [5.74, 6) is 0.262. The molecule has 0 saturated carbocycles. The molecule has 2 aromatic rings. The number of sulfone groups is 1. The average molecular weight is 337 g/mol. The quantitative estimate of drug-likeness (QED) is 0.838. The molecule has 0 aliphatic heterocycles. The van der Waals surface area contributed by atoms with Gasteiger partial charge in [0.15, 0.2) is 15.6 Å². The summed E-state index contributed by atoms with van der Waals surface area (Å²) in [7, 11) is -2.04. The SMILES string of the molecule is CCCNC(=O)c1ccc(CS(=O)(=O)c2ccc(OC)cc2)o1. The van der Waals surface area contributed by atoms with E-state index >= 15 is 0 Å². The van der Waals surface area contributed by atoms with Crippen LogP contribution in [0.2, 0.25) is 0 Å². The smallest absolute Gasteiger partial charge is 0.286 e. The van der Waals surface area contributed by atoms with Gasteiger partial charge in [-0.05, 0) is 42.8 Å². The Balaban J connectivity index is 2.11. The van der Waals surface area contributed by atoms with Gasteiger partial charge >= 0.3 is 0 Å². The largest absolute Gasteiger partial charge is 0.497 e. The number of furan rings is 1. The van der Waals surface area contributed by atoms with Gasteiger partial charge in [0.05, 0.1) is 12.0 Å². The van der Waals surface area contributed by atoms with Crippen LogP contribution >= 0.6 is 0 Å². The lowest BCUT2D eigenvalue weighted by atomic mass is 10.3. The molecule has 1 heterocycles. The molecule has 124 valence electrons. The van der Waals surface area contributed by atoms with Crippen molar-refractivity contribution >= 4 is 15.7 Å². The second kappa shape index (κ2) is 7.32. The fourth-order valence-corrected chi connectivity index (χ4v) is 3.20. The molecule has 0 unspecified atom stereocenters. The Hall–Kier alpha value is -2.28. The van der Waals surface area contributed by atoms with Gasteiger partial charge in [-0.3, -0.25) is 4.79 Å². The van der Waals surface area contributed by atoms with Crippen LogP contribution in [0.1, 0.15) is 29.7 Å². The first-order valence-corrected chi connectivity index (χ1v) is 8.85. The molecule has 1 amide bonds. The van der Waals surface area contributed by atoms with Crippen LogP contribution in [-0.4, -0.2) is 28.0 Å². The fourth-order valence-electron chi connectivity index (χ4n) is 1.96. The summed E-state index contributed by atoms with van der Waals surface area (Å²) >= 11 is 0. The van der Waals surface area contributed by atoms with E-state index in [2.05, 4.69) is 5.32 Å². The third-order valence-corrected chi connectivity index (χ3v) is 4.83. The summed E-state index contributed by atoms with van der Waals surface area (Å²) in [6.07, 6.45) is 0.811. The Morgan fingerprint density at radius 1 is 1.17 bits per heavy atom. The molecule has 0 bridgehead atoms. The number of amides is 1. The summed E-state index contributed by atoms with van der Waals surface area (Å²) in [6, 6.07) is 9.10. The number of hydrogen-bond acceptors (Lipinski definition) is 5. The molecule has 6 nitrogen and oxygen atoms in total. The zero-order chi connectivity index (χ0) is 16.9. The fraction of sp³-hybridized carbons (Fsp3) is 0.312. The molecule has 0 radical (unpaired) electrons. The van der Waals surface area contributed by atoms with Crippen LogP contribution in [0.4, 0.5) is 0 Å². The van der Waals surface area contributed by atoms with E-state index in [1.165, 1.54) is 31.4 Å². The number of methoxy groups -OCH3 is 1. The van der Waals surface area contributed by atoms with E-state index in [0.717, 1.165) is 6.42 Å². The topological polar surface area (TPSA) is 85.6 Å². The highest BCUT2D eigenvalue weighted by atomic mass is 32.2. The first-order valence-electron chi connectivity index (χ1n) is 7.20. The van der Waals surface area contributed by atoms with Crippen molar-refractivity contribution in [2.45, 2.75) is 24.0 Å². The molecular weight excluding hydrogens is 318 g/mol. The third kappa shape index (κ3) is 4.35. The summed E-state index contributed by atoms with van der Waals surface area (Å²) in [5.41, 5.74) is 0. The average Bonchev–Trinajstić information content (AvgIpc) is 3.00. The highest BCUT2D eigenvalue weighted by Gasteiger charge is 2.19. The minimum atomic E-state index is -3.55. The van der Waals surface area contributed by atoms with Crippen molar-refractivity contribution in [3.05, 3.63) is 47.9 Å². The lowest BCUT2D eigenvalue weighted by Gasteiger charge is -2.04. The number of carbonyl (C=O) groups excluding carboxylic acids is 1. The minimum absolute atomic E-state index is 0.110. The van der Waals surface area contributed by atoms with Crippen LogP contribution in [0.15, 0.2) is 45.7 Å². The van der Waals surface area contributed by atoms with E-state index in [1.807, 2.05) is 6.92 Å². The molecule has 0 atom stereocenters. The van der Waals surface area contributed by atoms with Gasteiger partial charge in [0, 0.05) is 6.54 Å². The predicted molar refractivity (Wildman–Crippen MR) is 85.2 cm³/mol. The maximum absolute atomic E-state index is 12.4. The standard InChI is InChI=1S/C16H19NO5S/c1-3-10-17-16(18)15-9-6-13(22-15)11-23(19,20)14-7-4-12(21-2)5-8-14/h4-9H,3,10-11H2,1-2H3,(H,17,18). The molecule has 2 rings (SSSR count). The molecule has 0 aliphatic carbocycles. The summed E-state index contributed by atoms with van der Waals surface area (Å²) < 4.78 is 35.0. The normalized spacial score (nSPS) is 11.2. The number of ether oxygens (including phenoxy) is 1. The van der Waals surface area contributed by atoms with E-state index in [4.69, 9.17) is 9.15 Å². The van der Waals surface area contributed by atoms with Crippen LogP contribution in [0.5, 0.6) is 5.75 Å². The van der Waals surface area contributed by atoms with Crippen molar-refractivity contribution in [2.24, 2.45) is 0 Å². The lowest BCUT2D eigenvalue weighted by molar-refractivity contribution is 0.0924. The van der Waals surface area contributed by atoms with E-state index < -0.39 is 9.84 Å². The van der Waals surface area contributed by atoms with Crippen LogP contribution < -0.4 is 10.1 Å². The maximum atomic E-state index is 12.4. The Morgan fingerprint density at radius 2 is 1.87 bits per heavy atom. The van der Waals surface area contributed by atoms with Crippen molar-refractivity contribution in [3.63, 3.8) is 0 Å². The Morgan fingerprint density at radius 3 is 2.48 bits per heavy atom. The summed E-state index contributed by atoms with van der Waals surface area (Å²) in [4.78, 5) is 11.9. The molecule has 0 spiro atoms. The van der Waals surface area contributed by atoms with Gasteiger partial charge in [-0.2, -0.15) is 0 Å². The van der Waals surface area contributed by atoms with E-state index in [1.54, 1.807) is 12.1 Å². The second-order valence-electron chi connectivity index (χ2n) is 4.96. The van der Waals surface area contributed by atoms with Gasteiger partial charge in [-0.1, -0.05) is 6.92 Å². The Bertz CT molecular complexity index is 762. The Labute approximate surface area is 135 Å². The number of carbonyl (C=O) groups is 1. The van der Waals surface area contributed by atoms with Crippen molar-refractivity contribution in [3.8, 4) is 5.75 Å². The first kappa shape index (κ1) is 17.1. The monoisotopic (exact) mass is 337 g/mol. The van der Waals surface area contributed by atoms with Crippen molar-refractivity contribution < 1.29 is 22.4 Å². The summed E-state index contributed by atoms with van der Waals surface area (Å²) in [5, 5.41) is 2.67. The zero-order valence-electron chi connectivity index (χ0n) is 13.0. The van der Waals surface area contributed by atoms with Crippen LogP contribution in [0.25, 0.3) is 0 Å². The molecule has 1 aromatic heterocycles. The highest BCUT2D eigenvalue weighted by Crippen LogP contribution is 2.20. The number of benzene rings is 1. The lowest BCUT2D eigenvalue weighted by Crippen LogP contribution is -2.23. The van der Waals surface area contributed by atoms with E-state index in [-0.39, 0.29) is 28.1 Å². The Kier molecular flexibility index (Phi) is 5.44. The van der Waals surface area contributed by atoms with Crippen molar-refractivity contribution in [1.82, 2.24) is 5.32 Å². The van der Waals surface area contributed by atoms with Gasteiger partial charge < -0.3 is 14.5 Å². The molecule has 1 N–H and O–H groups in total. The van der Waals surface area contributed by atoms with Crippen molar-refractivity contribution in [1.29, 1.82) is 0 Å². The van der Waals surface area contributed by atoms with Crippen LogP contribution in [0, 0.1) is 0 Å². The molecule has 23 heavy (non-hydrogen) atoms. The molecule has 1 aromatic carbocycles. The zero-order valence-corrected chi connectivity index (χ0v) is 13.9. The predicted octanol–water partition coefficient (Wildman–Crippen LogP) is 2.40. The highest BCUT2D eigenvalue weighted by molar-refractivity contribution is 7.90. The maximum Gasteiger partial charge on any atom is 0.286 e.